The van der Waals surface area contributed by atoms with Crippen molar-refractivity contribution in [3.05, 3.63) is 51.4 Å². The molecule has 1 N–H and O–H groups in total. The number of nitrogens with one attached hydrogen (secondary N) is 1. The SMILES string of the molecule is CCC(NCc1cscn1)c1cccc(Cl)c1. The first-order valence-electron chi connectivity index (χ1n) is 5.65. The highest BCUT2D eigenvalue weighted by molar-refractivity contribution is 7.07. The molecule has 17 heavy (non-hydrogen) atoms. The monoisotopic (exact) mass is 266 g/mol. The van der Waals surface area contributed by atoms with Crippen molar-refractivity contribution in [1.29, 1.82) is 0 Å². The molecule has 0 saturated heterocycles. The summed E-state index contributed by atoms with van der Waals surface area (Å²) in [6.45, 7) is 2.97. The Morgan fingerprint density at radius 1 is 1.47 bits per heavy atom. The topological polar surface area (TPSA) is 24.9 Å². The van der Waals surface area contributed by atoms with Crippen molar-refractivity contribution >= 4 is 22.9 Å². The first kappa shape index (κ1) is 12.6. The fourth-order valence-corrected chi connectivity index (χ4v) is 2.53. The minimum Gasteiger partial charge on any atom is -0.304 e. The second-order valence-electron chi connectivity index (χ2n) is 3.88. The maximum atomic E-state index is 6.01. The lowest BCUT2D eigenvalue weighted by molar-refractivity contribution is 0.515. The van der Waals surface area contributed by atoms with Gasteiger partial charge in [0.05, 0.1) is 11.2 Å². The van der Waals surface area contributed by atoms with Gasteiger partial charge in [-0.1, -0.05) is 30.7 Å². The van der Waals surface area contributed by atoms with E-state index in [1.807, 2.05) is 23.7 Å². The zero-order valence-electron chi connectivity index (χ0n) is 9.69. The zero-order chi connectivity index (χ0) is 12.1. The summed E-state index contributed by atoms with van der Waals surface area (Å²) in [5.74, 6) is 0. The fraction of sp³-hybridized carbons (Fsp3) is 0.308. The predicted molar refractivity (Wildman–Crippen MR) is 73.4 cm³/mol. The van der Waals surface area contributed by atoms with Gasteiger partial charge in [-0.2, -0.15) is 0 Å². The minimum atomic E-state index is 0.329. The predicted octanol–water partition coefficient (Wildman–Crippen LogP) is 4.04. The van der Waals surface area contributed by atoms with Crippen molar-refractivity contribution in [2.24, 2.45) is 0 Å². The second kappa shape index (κ2) is 6.15. The van der Waals surface area contributed by atoms with Crippen molar-refractivity contribution in [2.75, 3.05) is 0 Å². The Labute approximate surface area is 111 Å². The van der Waals surface area contributed by atoms with Crippen LogP contribution in [-0.2, 0) is 6.54 Å². The lowest BCUT2D eigenvalue weighted by Crippen LogP contribution is -2.20. The van der Waals surface area contributed by atoms with Crippen LogP contribution in [0.3, 0.4) is 0 Å². The summed E-state index contributed by atoms with van der Waals surface area (Å²) in [5.41, 5.74) is 4.18. The molecule has 1 aromatic carbocycles. The number of aromatic nitrogens is 1. The van der Waals surface area contributed by atoms with Gasteiger partial charge >= 0.3 is 0 Å². The number of nitrogens with zero attached hydrogens (tertiary/aromatic N) is 1. The molecule has 4 heteroatoms. The summed E-state index contributed by atoms with van der Waals surface area (Å²) < 4.78 is 0. The van der Waals surface area contributed by atoms with Crippen molar-refractivity contribution in [1.82, 2.24) is 10.3 Å². The van der Waals surface area contributed by atoms with Gasteiger partial charge in [0.25, 0.3) is 0 Å². The molecule has 2 nitrogen and oxygen atoms in total. The normalized spacial score (nSPS) is 12.6. The average Bonchev–Trinajstić information content (AvgIpc) is 2.83. The quantitative estimate of drug-likeness (QED) is 0.884. The third kappa shape index (κ3) is 3.53. The van der Waals surface area contributed by atoms with Crippen LogP contribution in [0, 0.1) is 0 Å². The Balaban J connectivity index is 2.01. The summed E-state index contributed by atoms with van der Waals surface area (Å²) in [6, 6.07) is 8.34. The molecule has 1 unspecified atom stereocenters. The Morgan fingerprint density at radius 2 is 2.35 bits per heavy atom. The molecule has 0 bridgehead atoms. The fourth-order valence-electron chi connectivity index (χ4n) is 1.77. The van der Waals surface area contributed by atoms with E-state index >= 15 is 0 Å². The molecule has 0 spiro atoms. The van der Waals surface area contributed by atoms with Crippen LogP contribution in [0.1, 0.15) is 30.6 Å². The smallest absolute Gasteiger partial charge is 0.0795 e. The highest BCUT2D eigenvalue weighted by Crippen LogP contribution is 2.20. The Morgan fingerprint density at radius 3 is 3.00 bits per heavy atom. The molecule has 0 aliphatic heterocycles. The highest BCUT2D eigenvalue weighted by Gasteiger charge is 2.09. The largest absolute Gasteiger partial charge is 0.304 e. The number of halogens is 1. The van der Waals surface area contributed by atoms with Crippen molar-refractivity contribution in [3.8, 4) is 0 Å². The molecule has 1 aromatic heterocycles. The molecule has 0 aliphatic rings. The highest BCUT2D eigenvalue weighted by atomic mass is 35.5. The van der Waals surface area contributed by atoms with Gasteiger partial charge in [-0.05, 0) is 24.1 Å². The van der Waals surface area contributed by atoms with Crippen LogP contribution >= 0.6 is 22.9 Å². The molecule has 0 amide bonds. The molecule has 0 aliphatic carbocycles. The van der Waals surface area contributed by atoms with E-state index in [9.17, 15) is 0 Å². The van der Waals surface area contributed by atoms with Crippen LogP contribution in [0.15, 0.2) is 35.2 Å². The number of thiazole rings is 1. The van der Waals surface area contributed by atoms with E-state index < -0.39 is 0 Å². The first-order valence-corrected chi connectivity index (χ1v) is 6.97. The zero-order valence-corrected chi connectivity index (χ0v) is 11.3. The molecule has 90 valence electrons. The third-order valence-electron chi connectivity index (χ3n) is 2.67. The maximum absolute atomic E-state index is 6.01. The van der Waals surface area contributed by atoms with Crippen LogP contribution in [0.25, 0.3) is 0 Å². The lowest BCUT2D eigenvalue weighted by Gasteiger charge is -2.17. The summed E-state index contributed by atoms with van der Waals surface area (Å²) in [7, 11) is 0. The average molecular weight is 267 g/mol. The molecule has 0 fully saturated rings. The van der Waals surface area contributed by atoms with Crippen molar-refractivity contribution in [3.63, 3.8) is 0 Å². The van der Waals surface area contributed by atoms with Gasteiger partial charge in [0.2, 0.25) is 0 Å². The van der Waals surface area contributed by atoms with Gasteiger partial charge in [-0.15, -0.1) is 11.3 Å². The van der Waals surface area contributed by atoms with Crippen molar-refractivity contribution in [2.45, 2.75) is 25.9 Å². The lowest BCUT2D eigenvalue weighted by atomic mass is 10.0. The van der Waals surface area contributed by atoms with E-state index in [0.29, 0.717) is 6.04 Å². The molecule has 1 atom stereocenters. The summed E-state index contributed by atoms with van der Waals surface area (Å²) in [5, 5.41) is 6.36. The standard InChI is InChI=1S/C13H15ClN2S/c1-2-13(10-4-3-5-11(14)6-10)15-7-12-8-17-9-16-12/h3-6,8-9,13,15H,2,7H2,1H3. The van der Waals surface area contributed by atoms with Gasteiger partial charge in [0.15, 0.2) is 0 Å². The summed E-state index contributed by atoms with van der Waals surface area (Å²) in [6.07, 6.45) is 1.03. The Hall–Kier alpha value is -0.900. The number of rotatable bonds is 5. The van der Waals surface area contributed by atoms with Crippen LogP contribution in [-0.4, -0.2) is 4.98 Å². The molecule has 0 radical (unpaired) electrons. The van der Waals surface area contributed by atoms with E-state index in [1.54, 1.807) is 11.3 Å². The number of hydrogen-bond acceptors (Lipinski definition) is 3. The van der Waals surface area contributed by atoms with Gasteiger partial charge in [-0.25, -0.2) is 4.98 Å². The van der Waals surface area contributed by atoms with E-state index in [-0.39, 0.29) is 0 Å². The molecular weight excluding hydrogens is 252 g/mol. The first-order chi connectivity index (χ1) is 8.29. The van der Waals surface area contributed by atoms with Gasteiger partial charge in [0, 0.05) is 23.0 Å². The van der Waals surface area contributed by atoms with Crippen LogP contribution in [0.4, 0.5) is 0 Å². The molecule has 2 aromatic rings. The van der Waals surface area contributed by atoms with E-state index in [1.165, 1.54) is 5.56 Å². The van der Waals surface area contributed by atoms with Gasteiger partial charge in [0.1, 0.15) is 0 Å². The summed E-state index contributed by atoms with van der Waals surface area (Å²) >= 11 is 7.63. The Kier molecular flexibility index (Phi) is 4.54. The number of benzene rings is 1. The summed E-state index contributed by atoms with van der Waals surface area (Å²) in [4.78, 5) is 4.26. The van der Waals surface area contributed by atoms with E-state index in [2.05, 4.69) is 28.7 Å². The Bertz CT molecular complexity index is 456. The number of hydrogen-bond donors (Lipinski definition) is 1. The van der Waals surface area contributed by atoms with Gasteiger partial charge in [-0.3, -0.25) is 0 Å². The second-order valence-corrected chi connectivity index (χ2v) is 5.03. The van der Waals surface area contributed by atoms with Crippen LogP contribution in [0.2, 0.25) is 5.02 Å². The molecular formula is C13H15ClN2S. The van der Waals surface area contributed by atoms with E-state index in [4.69, 9.17) is 11.6 Å². The minimum absolute atomic E-state index is 0.329. The van der Waals surface area contributed by atoms with Gasteiger partial charge < -0.3 is 5.32 Å². The van der Waals surface area contributed by atoms with E-state index in [0.717, 1.165) is 23.7 Å². The third-order valence-corrected chi connectivity index (χ3v) is 3.54. The maximum Gasteiger partial charge on any atom is 0.0795 e. The van der Waals surface area contributed by atoms with Crippen LogP contribution in [0.5, 0.6) is 0 Å². The molecule has 0 saturated carbocycles. The molecule has 1 heterocycles. The van der Waals surface area contributed by atoms with Crippen molar-refractivity contribution < 1.29 is 0 Å². The van der Waals surface area contributed by atoms with Crippen LogP contribution < -0.4 is 5.32 Å². The molecule has 2 rings (SSSR count).